The summed E-state index contributed by atoms with van der Waals surface area (Å²) in [5, 5.41) is 9.07. The minimum Gasteiger partial charge on any atom is -0.496 e. The molecule has 0 unspecified atom stereocenters. The zero-order chi connectivity index (χ0) is 27.0. The van der Waals surface area contributed by atoms with Crippen molar-refractivity contribution >= 4 is 23.5 Å². The zero-order valence-electron chi connectivity index (χ0n) is 22.3. The molecule has 0 saturated carbocycles. The molecule has 8 heteroatoms. The number of fused-ring (bicyclic) bond motifs is 1. The van der Waals surface area contributed by atoms with Crippen molar-refractivity contribution < 1.29 is 29.0 Å². The first-order valence-corrected chi connectivity index (χ1v) is 12.8. The lowest BCUT2D eigenvalue weighted by Crippen LogP contribution is -2.38. The van der Waals surface area contributed by atoms with Crippen LogP contribution < -0.4 is 9.64 Å². The van der Waals surface area contributed by atoms with Crippen LogP contribution in [0.25, 0.3) is 0 Å². The number of carbonyl (C=O) groups excluding carboxylic acids is 2. The molecule has 1 N–H and O–H groups in total. The van der Waals surface area contributed by atoms with Crippen LogP contribution in [0.15, 0.2) is 42.5 Å². The predicted octanol–water partition coefficient (Wildman–Crippen LogP) is 4.98. The second-order valence-electron chi connectivity index (χ2n) is 10.3. The third-order valence-corrected chi connectivity index (χ3v) is 6.30. The minimum absolute atomic E-state index is 0.0362. The normalized spacial score (nSPS) is 12.7. The van der Waals surface area contributed by atoms with Crippen molar-refractivity contribution in [1.82, 2.24) is 4.90 Å². The number of unbranched alkanes of at least 4 members (excludes halogenated alkanes) is 1. The van der Waals surface area contributed by atoms with Gasteiger partial charge in [-0.05, 0) is 81.8 Å². The number of hydrogen-bond donors (Lipinski definition) is 1. The summed E-state index contributed by atoms with van der Waals surface area (Å²) in [4.78, 5) is 40.3. The first kappa shape index (κ1) is 28.0. The molecule has 0 saturated heterocycles. The highest BCUT2D eigenvalue weighted by atomic mass is 16.6. The van der Waals surface area contributed by atoms with E-state index in [1.165, 1.54) is 0 Å². The SMILES string of the molecule is COc1ccccc1CCN(CCCCC(=O)c1ccc2c(c1)CCN2CC(=O)O)C(=O)OC(C)(C)C. The average Bonchev–Trinajstić information content (AvgIpc) is 3.23. The molecule has 0 spiro atoms. The van der Waals surface area contributed by atoms with Gasteiger partial charge >= 0.3 is 12.1 Å². The van der Waals surface area contributed by atoms with Crippen LogP contribution in [0.4, 0.5) is 10.5 Å². The highest BCUT2D eigenvalue weighted by molar-refractivity contribution is 5.97. The second kappa shape index (κ2) is 12.6. The number of nitrogens with zero attached hydrogens (tertiary/aromatic N) is 2. The maximum atomic E-state index is 12.9. The molecule has 0 fully saturated rings. The third-order valence-electron chi connectivity index (χ3n) is 6.30. The number of carboxylic acid groups (broad SMARTS) is 1. The molecule has 37 heavy (non-hydrogen) atoms. The molecule has 1 amide bonds. The van der Waals surface area contributed by atoms with E-state index < -0.39 is 11.6 Å². The maximum Gasteiger partial charge on any atom is 0.410 e. The molecule has 1 aliphatic rings. The Kier molecular flexibility index (Phi) is 9.55. The number of rotatable bonds is 12. The maximum absolute atomic E-state index is 12.9. The Balaban J connectivity index is 1.55. The molecule has 2 aromatic carbocycles. The molecular weight excluding hydrogens is 472 g/mol. The smallest absolute Gasteiger partial charge is 0.410 e. The van der Waals surface area contributed by atoms with Gasteiger partial charge in [-0.2, -0.15) is 0 Å². The van der Waals surface area contributed by atoms with Crippen LogP contribution in [0.2, 0.25) is 0 Å². The van der Waals surface area contributed by atoms with Gasteiger partial charge < -0.3 is 24.4 Å². The molecule has 8 nitrogen and oxygen atoms in total. The number of ether oxygens (including phenoxy) is 2. The summed E-state index contributed by atoms with van der Waals surface area (Å²) >= 11 is 0. The van der Waals surface area contributed by atoms with Crippen LogP contribution in [-0.2, 0) is 22.4 Å². The van der Waals surface area contributed by atoms with Crippen LogP contribution >= 0.6 is 0 Å². The Hall–Kier alpha value is -3.55. The van der Waals surface area contributed by atoms with Crippen LogP contribution in [0.3, 0.4) is 0 Å². The Morgan fingerprint density at radius 1 is 1.05 bits per heavy atom. The number of ketones is 1. The molecular formula is C29H38N2O6. The fourth-order valence-corrected chi connectivity index (χ4v) is 4.49. The van der Waals surface area contributed by atoms with E-state index in [4.69, 9.17) is 14.6 Å². The van der Waals surface area contributed by atoms with E-state index >= 15 is 0 Å². The Bertz CT molecular complexity index is 1110. The van der Waals surface area contributed by atoms with Crippen molar-refractivity contribution in [3.63, 3.8) is 0 Å². The quantitative estimate of drug-likeness (QED) is 0.318. The summed E-state index contributed by atoms with van der Waals surface area (Å²) in [5.74, 6) is -0.0219. The molecule has 0 aromatic heterocycles. The number of carboxylic acids is 1. The van der Waals surface area contributed by atoms with Crippen LogP contribution in [0.5, 0.6) is 5.75 Å². The largest absolute Gasteiger partial charge is 0.496 e. The number of Topliss-reactive ketones (excluding diaryl/α,β-unsaturated/α-hetero) is 1. The van der Waals surface area contributed by atoms with Crippen LogP contribution in [0, 0.1) is 0 Å². The van der Waals surface area contributed by atoms with Crippen molar-refractivity contribution in [2.75, 3.05) is 38.2 Å². The van der Waals surface area contributed by atoms with Crippen molar-refractivity contribution in [3.05, 3.63) is 59.2 Å². The van der Waals surface area contributed by atoms with Crippen molar-refractivity contribution in [2.24, 2.45) is 0 Å². The van der Waals surface area contributed by atoms with Gasteiger partial charge in [0, 0.05) is 37.3 Å². The summed E-state index contributed by atoms with van der Waals surface area (Å²) in [6.07, 6.45) is 2.71. The molecule has 0 atom stereocenters. The van der Waals surface area contributed by atoms with Crippen LogP contribution in [-0.4, -0.2) is 66.7 Å². The Morgan fingerprint density at radius 3 is 2.51 bits per heavy atom. The van der Waals surface area contributed by atoms with Crippen molar-refractivity contribution in [2.45, 2.75) is 58.5 Å². The number of anilines is 1. The van der Waals surface area contributed by atoms with E-state index in [1.54, 1.807) is 18.1 Å². The lowest BCUT2D eigenvalue weighted by Gasteiger charge is -2.27. The molecule has 0 aliphatic carbocycles. The number of benzene rings is 2. The zero-order valence-corrected chi connectivity index (χ0v) is 22.3. The van der Waals surface area contributed by atoms with Gasteiger partial charge in [-0.1, -0.05) is 18.2 Å². The fourth-order valence-electron chi connectivity index (χ4n) is 4.49. The summed E-state index contributed by atoms with van der Waals surface area (Å²) < 4.78 is 11.1. The summed E-state index contributed by atoms with van der Waals surface area (Å²) in [7, 11) is 1.63. The van der Waals surface area contributed by atoms with E-state index in [0.29, 0.717) is 50.9 Å². The lowest BCUT2D eigenvalue weighted by molar-refractivity contribution is -0.135. The van der Waals surface area contributed by atoms with Crippen molar-refractivity contribution in [3.8, 4) is 5.75 Å². The molecule has 3 rings (SSSR count). The van der Waals surface area contributed by atoms with Gasteiger partial charge in [0.15, 0.2) is 5.78 Å². The molecule has 1 heterocycles. The van der Waals surface area contributed by atoms with Gasteiger partial charge in [-0.15, -0.1) is 0 Å². The molecule has 200 valence electrons. The van der Waals surface area contributed by atoms with Gasteiger partial charge in [0.2, 0.25) is 0 Å². The third kappa shape index (κ3) is 8.23. The summed E-state index contributed by atoms with van der Waals surface area (Å²) in [6.45, 7) is 7.13. The fraction of sp³-hybridized carbons (Fsp3) is 0.483. The minimum atomic E-state index is -0.865. The van der Waals surface area contributed by atoms with E-state index in [1.807, 2.05) is 62.1 Å². The average molecular weight is 511 g/mol. The van der Waals surface area contributed by atoms with E-state index in [-0.39, 0.29) is 18.4 Å². The first-order valence-electron chi connectivity index (χ1n) is 12.8. The van der Waals surface area contributed by atoms with Gasteiger partial charge in [-0.3, -0.25) is 9.59 Å². The number of methoxy groups -OCH3 is 1. The van der Waals surface area contributed by atoms with Crippen molar-refractivity contribution in [1.29, 1.82) is 0 Å². The monoisotopic (exact) mass is 510 g/mol. The molecule has 1 aliphatic heterocycles. The topological polar surface area (TPSA) is 96.4 Å². The van der Waals surface area contributed by atoms with Gasteiger partial charge in [0.1, 0.15) is 17.9 Å². The summed E-state index contributed by atoms with van der Waals surface area (Å²) in [6, 6.07) is 13.3. The standard InChI is InChI=1S/C29H38N2O6/c1-29(2,3)37-28(35)30(17-14-21-9-5-6-11-26(21)36-4)16-8-7-10-25(32)23-12-13-24-22(19-23)15-18-31(24)20-27(33)34/h5-6,9,11-13,19H,7-8,10,14-18,20H2,1-4H3,(H,33,34). The van der Waals surface area contributed by atoms with E-state index in [0.717, 1.165) is 29.0 Å². The highest BCUT2D eigenvalue weighted by Gasteiger charge is 2.24. The van der Waals surface area contributed by atoms with Gasteiger partial charge in [-0.25, -0.2) is 4.79 Å². The van der Waals surface area contributed by atoms with Crippen LogP contribution in [0.1, 0.15) is 61.5 Å². The lowest BCUT2D eigenvalue weighted by atomic mass is 10.0. The van der Waals surface area contributed by atoms with E-state index in [2.05, 4.69) is 0 Å². The number of aliphatic carboxylic acids is 1. The number of para-hydroxylation sites is 1. The first-order chi connectivity index (χ1) is 17.6. The predicted molar refractivity (Wildman–Crippen MR) is 143 cm³/mol. The van der Waals surface area contributed by atoms with E-state index in [9.17, 15) is 14.4 Å². The van der Waals surface area contributed by atoms with Gasteiger partial charge in [0.25, 0.3) is 0 Å². The Labute approximate surface area is 219 Å². The molecule has 0 bridgehead atoms. The number of hydrogen-bond acceptors (Lipinski definition) is 6. The summed E-state index contributed by atoms with van der Waals surface area (Å²) in [5.41, 5.74) is 2.98. The highest BCUT2D eigenvalue weighted by Crippen LogP contribution is 2.29. The Morgan fingerprint density at radius 2 is 1.81 bits per heavy atom. The number of amides is 1. The van der Waals surface area contributed by atoms with Gasteiger partial charge in [0.05, 0.1) is 7.11 Å². The second-order valence-corrected chi connectivity index (χ2v) is 10.3. The molecule has 2 aromatic rings. The molecule has 0 radical (unpaired) electrons. The number of carbonyl (C=O) groups is 3.